The van der Waals surface area contributed by atoms with Crippen LogP contribution in [0.3, 0.4) is 0 Å². The van der Waals surface area contributed by atoms with Gasteiger partial charge in [0.25, 0.3) is 5.91 Å². The first-order chi connectivity index (χ1) is 11.5. The minimum Gasteiger partial charge on any atom is -0.487 e. The zero-order valence-electron chi connectivity index (χ0n) is 13.7. The molecule has 0 bridgehead atoms. The first-order valence-electron chi connectivity index (χ1n) is 7.63. The second-order valence-corrected chi connectivity index (χ2v) is 5.83. The van der Waals surface area contributed by atoms with E-state index in [9.17, 15) is 4.79 Å². The number of hydrogen-bond donors (Lipinski definition) is 2. The summed E-state index contributed by atoms with van der Waals surface area (Å²) < 4.78 is 5.97. The lowest BCUT2D eigenvalue weighted by molar-refractivity contribution is 0.0996. The Balaban J connectivity index is 2.04. The van der Waals surface area contributed by atoms with Gasteiger partial charge < -0.3 is 16.2 Å². The van der Waals surface area contributed by atoms with E-state index < -0.39 is 5.91 Å². The van der Waals surface area contributed by atoms with Crippen LogP contribution in [-0.4, -0.2) is 10.9 Å². The van der Waals surface area contributed by atoms with Crippen molar-refractivity contribution in [2.24, 2.45) is 5.73 Å². The van der Waals surface area contributed by atoms with E-state index in [4.69, 9.17) is 16.2 Å². The fraction of sp³-hybridized carbons (Fsp3) is 0.158. The van der Waals surface area contributed by atoms with Crippen LogP contribution in [0.4, 0.5) is 5.69 Å². The van der Waals surface area contributed by atoms with Crippen LogP contribution in [0, 0.1) is 13.8 Å². The van der Waals surface area contributed by atoms with Gasteiger partial charge in [-0.15, -0.1) is 0 Å². The van der Waals surface area contributed by atoms with Crippen LogP contribution < -0.4 is 16.2 Å². The Morgan fingerprint density at radius 2 is 1.96 bits per heavy atom. The summed E-state index contributed by atoms with van der Waals surface area (Å²) in [5, 5.41) is 0.747. The topological polar surface area (TPSA) is 91.2 Å². The van der Waals surface area contributed by atoms with E-state index in [1.807, 2.05) is 50.2 Å². The van der Waals surface area contributed by atoms with Crippen molar-refractivity contribution < 1.29 is 9.53 Å². The molecule has 4 N–H and O–H groups in total. The minimum absolute atomic E-state index is 0.253. The lowest BCUT2D eigenvalue weighted by atomic mass is 10.0. The van der Waals surface area contributed by atoms with E-state index in [1.54, 1.807) is 0 Å². The van der Waals surface area contributed by atoms with Crippen molar-refractivity contribution in [1.82, 2.24) is 4.98 Å². The van der Waals surface area contributed by atoms with Gasteiger partial charge in [0.05, 0.1) is 5.52 Å². The molecule has 5 heteroatoms. The maximum atomic E-state index is 11.7. The van der Waals surface area contributed by atoms with Gasteiger partial charge in [0.15, 0.2) is 0 Å². The van der Waals surface area contributed by atoms with Crippen LogP contribution >= 0.6 is 0 Å². The molecule has 0 aliphatic rings. The van der Waals surface area contributed by atoms with Gasteiger partial charge in [-0.25, -0.2) is 0 Å². The van der Waals surface area contributed by atoms with Crippen molar-refractivity contribution in [2.45, 2.75) is 20.5 Å². The predicted octanol–water partition coefficient (Wildman–Crippen LogP) is 3.11. The number of anilines is 1. The average molecular weight is 321 g/mol. The Morgan fingerprint density at radius 1 is 1.21 bits per heavy atom. The minimum atomic E-state index is -0.573. The lowest BCUT2D eigenvalue weighted by Crippen LogP contribution is -2.14. The number of nitrogens with two attached hydrogens (primary N) is 2. The number of aryl methyl sites for hydroxylation is 2. The molecule has 5 nitrogen and oxygen atoms in total. The number of carbonyl (C=O) groups excluding carboxylic acids is 1. The lowest BCUT2D eigenvalue weighted by Gasteiger charge is -2.15. The fourth-order valence-electron chi connectivity index (χ4n) is 2.78. The smallest absolute Gasteiger partial charge is 0.254 e. The number of primary amides is 1. The second kappa shape index (κ2) is 6.20. The highest BCUT2D eigenvalue weighted by atomic mass is 16.5. The molecule has 2 aromatic carbocycles. The van der Waals surface area contributed by atoms with Crippen LogP contribution in [0.1, 0.15) is 27.0 Å². The van der Waals surface area contributed by atoms with Crippen LogP contribution in [0.15, 0.2) is 42.6 Å². The number of ether oxygens (including phenoxy) is 1. The molecule has 122 valence electrons. The van der Waals surface area contributed by atoms with E-state index in [2.05, 4.69) is 4.98 Å². The summed E-state index contributed by atoms with van der Waals surface area (Å²) >= 11 is 0. The third-order valence-corrected chi connectivity index (χ3v) is 3.98. The number of benzene rings is 2. The number of fused-ring (bicyclic) bond motifs is 1. The second-order valence-electron chi connectivity index (χ2n) is 5.83. The monoisotopic (exact) mass is 321 g/mol. The summed E-state index contributed by atoms with van der Waals surface area (Å²) in [5.74, 6) is -0.136. The van der Waals surface area contributed by atoms with Gasteiger partial charge in [-0.3, -0.25) is 9.78 Å². The van der Waals surface area contributed by atoms with Crippen molar-refractivity contribution >= 4 is 22.5 Å². The summed E-state index contributed by atoms with van der Waals surface area (Å²) in [6.45, 7) is 4.22. The molecule has 1 heterocycles. The van der Waals surface area contributed by atoms with Gasteiger partial charge in [0, 0.05) is 22.8 Å². The van der Waals surface area contributed by atoms with Gasteiger partial charge in [-0.05, 0) is 31.5 Å². The van der Waals surface area contributed by atoms with Crippen molar-refractivity contribution in [3.8, 4) is 5.75 Å². The Bertz CT molecular complexity index is 935. The quantitative estimate of drug-likeness (QED) is 0.722. The number of amides is 1. The van der Waals surface area contributed by atoms with E-state index in [0.717, 1.165) is 27.6 Å². The highest BCUT2D eigenvalue weighted by Crippen LogP contribution is 2.30. The number of nitrogen functional groups attached to an aromatic ring is 1. The standard InChI is InChI=1S/C19H19N3O2/c1-11-7-12(2)17(20)13(8-11)10-24-18-14-5-3-4-6-16(14)22-9-15(18)19(21)23/h3-9H,10,20H2,1-2H3,(H2,21,23). The number of carbonyl (C=O) groups is 1. The van der Waals surface area contributed by atoms with Crippen molar-refractivity contribution in [2.75, 3.05) is 5.73 Å². The van der Waals surface area contributed by atoms with Crippen molar-refractivity contribution in [1.29, 1.82) is 0 Å². The number of nitrogens with zero attached hydrogens (tertiary/aromatic N) is 1. The number of para-hydroxylation sites is 1. The first-order valence-corrected chi connectivity index (χ1v) is 7.63. The molecule has 0 atom stereocenters. The highest BCUT2D eigenvalue weighted by molar-refractivity contribution is 6.01. The molecule has 0 radical (unpaired) electrons. The summed E-state index contributed by atoms with van der Waals surface area (Å²) in [6.07, 6.45) is 1.45. The molecule has 24 heavy (non-hydrogen) atoms. The normalized spacial score (nSPS) is 10.8. The van der Waals surface area contributed by atoms with E-state index in [0.29, 0.717) is 11.4 Å². The summed E-state index contributed by atoms with van der Waals surface area (Å²) in [5.41, 5.74) is 16.3. The Kier molecular flexibility index (Phi) is 4.08. The maximum Gasteiger partial charge on any atom is 0.254 e. The van der Waals surface area contributed by atoms with Gasteiger partial charge in [-0.2, -0.15) is 0 Å². The van der Waals surface area contributed by atoms with E-state index >= 15 is 0 Å². The van der Waals surface area contributed by atoms with Gasteiger partial charge in [-0.1, -0.05) is 29.8 Å². The Labute approximate surface area is 140 Å². The third kappa shape index (κ3) is 2.88. The first kappa shape index (κ1) is 15.8. The molecule has 0 aliphatic heterocycles. The SMILES string of the molecule is Cc1cc(C)c(N)c(COc2c(C(N)=O)cnc3ccccc23)c1. The summed E-state index contributed by atoms with van der Waals surface area (Å²) in [7, 11) is 0. The van der Waals surface area contributed by atoms with Crippen LogP contribution in [0.5, 0.6) is 5.75 Å². The predicted molar refractivity (Wildman–Crippen MR) is 94.9 cm³/mol. The number of rotatable bonds is 4. The number of pyridine rings is 1. The van der Waals surface area contributed by atoms with E-state index in [-0.39, 0.29) is 12.2 Å². The molecule has 3 aromatic rings. The third-order valence-electron chi connectivity index (χ3n) is 3.98. The van der Waals surface area contributed by atoms with Crippen LogP contribution in [-0.2, 0) is 6.61 Å². The zero-order chi connectivity index (χ0) is 17.3. The summed E-state index contributed by atoms with van der Waals surface area (Å²) in [4.78, 5) is 16.0. The fourth-order valence-corrected chi connectivity index (χ4v) is 2.78. The molecular formula is C19H19N3O2. The number of hydrogen-bond acceptors (Lipinski definition) is 4. The molecule has 0 fully saturated rings. The molecule has 0 aliphatic carbocycles. The largest absolute Gasteiger partial charge is 0.487 e. The van der Waals surface area contributed by atoms with Crippen LogP contribution in [0.25, 0.3) is 10.9 Å². The molecule has 0 saturated carbocycles. The number of aromatic nitrogens is 1. The summed E-state index contributed by atoms with van der Waals surface area (Å²) in [6, 6.07) is 11.5. The van der Waals surface area contributed by atoms with E-state index in [1.165, 1.54) is 6.20 Å². The van der Waals surface area contributed by atoms with Gasteiger partial charge >= 0.3 is 0 Å². The Morgan fingerprint density at radius 3 is 2.71 bits per heavy atom. The van der Waals surface area contributed by atoms with Gasteiger partial charge in [0.2, 0.25) is 0 Å². The molecule has 1 aromatic heterocycles. The molecule has 0 saturated heterocycles. The molecule has 3 rings (SSSR count). The molecular weight excluding hydrogens is 302 g/mol. The zero-order valence-corrected chi connectivity index (χ0v) is 13.7. The molecule has 0 spiro atoms. The highest BCUT2D eigenvalue weighted by Gasteiger charge is 2.15. The van der Waals surface area contributed by atoms with Crippen molar-refractivity contribution in [3.05, 3.63) is 64.8 Å². The van der Waals surface area contributed by atoms with Crippen LogP contribution in [0.2, 0.25) is 0 Å². The molecule has 1 amide bonds. The maximum absolute atomic E-state index is 11.7. The molecule has 0 unspecified atom stereocenters. The van der Waals surface area contributed by atoms with Gasteiger partial charge in [0.1, 0.15) is 17.9 Å². The Hall–Kier alpha value is -3.08. The average Bonchev–Trinajstić information content (AvgIpc) is 2.56. The van der Waals surface area contributed by atoms with Crippen molar-refractivity contribution in [3.63, 3.8) is 0 Å².